The zero-order chi connectivity index (χ0) is 9.10. The van der Waals surface area contributed by atoms with Crippen LogP contribution in [0, 0.1) is 0 Å². The monoisotopic (exact) mass is 200 g/mol. The molecule has 2 aliphatic rings. The van der Waals surface area contributed by atoms with Crippen molar-refractivity contribution in [1.29, 1.82) is 0 Å². The fraction of sp³-hybridized carbons (Fsp3) is 1.00. The third-order valence-corrected chi connectivity index (χ3v) is 4.34. The molecule has 13 heavy (non-hydrogen) atoms. The van der Waals surface area contributed by atoms with E-state index in [1.807, 2.05) is 0 Å². The Hall–Kier alpha value is 0.270. The molecule has 76 valence electrons. The normalized spacial score (nSPS) is 34.6. The quantitative estimate of drug-likeness (QED) is 0.736. The van der Waals surface area contributed by atoms with Crippen molar-refractivity contribution in [2.45, 2.75) is 31.3 Å². The molecule has 2 saturated heterocycles. The van der Waals surface area contributed by atoms with E-state index in [9.17, 15) is 0 Å². The van der Waals surface area contributed by atoms with Gasteiger partial charge in [0.25, 0.3) is 0 Å². The minimum Gasteiger partial charge on any atom is -0.313 e. The van der Waals surface area contributed by atoms with Crippen LogP contribution in [-0.2, 0) is 0 Å². The average Bonchev–Trinajstić information content (AvgIpc) is 2.74. The van der Waals surface area contributed by atoms with Gasteiger partial charge >= 0.3 is 0 Å². The first-order chi connectivity index (χ1) is 6.36. The summed E-state index contributed by atoms with van der Waals surface area (Å²) in [5.41, 5.74) is 0. The highest BCUT2D eigenvalue weighted by Crippen LogP contribution is 2.21. The summed E-state index contributed by atoms with van der Waals surface area (Å²) in [5.74, 6) is 2.72. The molecule has 1 N–H and O–H groups in total. The molecule has 2 aliphatic heterocycles. The molecule has 0 aromatic carbocycles. The molecule has 2 atom stereocenters. The lowest BCUT2D eigenvalue weighted by atomic mass is 10.2. The highest BCUT2D eigenvalue weighted by atomic mass is 32.2. The van der Waals surface area contributed by atoms with E-state index in [-0.39, 0.29) is 0 Å². The first kappa shape index (κ1) is 9.81. The van der Waals surface area contributed by atoms with Crippen molar-refractivity contribution in [3.05, 3.63) is 0 Å². The van der Waals surface area contributed by atoms with E-state index in [1.165, 1.54) is 43.9 Å². The largest absolute Gasteiger partial charge is 0.313 e. The molecule has 2 heterocycles. The molecule has 0 aliphatic carbocycles. The van der Waals surface area contributed by atoms with E-state index in [2.05, 4.69) is 29.0 Å². The second-order valence-corrected chi connectivity index (χ2v) is 5.40. The fourth-order valence-electron chi connectivity index (χ4n) is 2.28. The highest BCUT2D eigenvalue weighted by molar-refractivity contribution is 7.99. The Morgan fingerprint density at radius 2 is 2.38 bits per heavy atom. The van der Waals surface area contributed by atoms with E-state index in [0.717, 1.165) is 12.1 Å². The number of likely N-dealkylation sites (N-methyl/N-ethyl adjacent to an activating group) is 1. The van der Waals surface area contributed by atoms with Crippen molar-refractivity contribution in [2.75, 3.05) is 31.6 Å². The number of thioether (sulfide) groups is 1. The van der Waals surface area contributed by atoms with Crippen LogP contribution in [0.3, 0.4) is 0 Å². The molecule has 3 heteroatoms. The Morgan fingerprint density at radius 3 is 3.00 bits per heavy atom. The van der Waals surface area contributed by atoms with Crippen LogP contribution in [-0.4, -0.2) is 48.6 Å². The van der Waals surface area contributed by atoms with Gasteiger partial charge in [-0.1, -0.05) is 0 Å². The van der Waals surface area contributed by atoms with Gasteiger partial charge in [-0.3, -0.25) is 0 Å². The Bertz CT molecular complexity index is 151. The van der Waals surface area contributed by atoms with Crippen molar-refractivity contribution in [2.24, 2.45) is 0 Å². The third kappa shape index (κ3) is 2.61. The van der Waals surface area contributed by atoms with Crippen LogP contribution in [0.4, 0.5) is 0 Å². The van der Waals surface area contributed by atoms with Crippen molar-refractivity contribution in [3.63, 3.8) is 0 Å². The molecule has 0 bridgehead atoms. The average molecular weight is 200 g/mol. The fourth-order valence-corrected chi connectivity index (χ4v) is 3.58. The van der Waals surface area contributed by atoms with E-state index < -0.39 is 0 Å². The predicted molar refractivity (Wildman–Crippen MR) is 59.4 cm³/mol. The molecule has 1 unspecified atom stereocenters. The molecule has 2 rings (SSSR count). The van der Waals surface area contributed by atoms with Crippen LogP contribution in [0.15, 0.2) is 0 Å². The molecule has 2 fully saturated rings. The van der Waals surface area contributed by atoms with Crippen LogP contribution < -0.4 is 5.32 Å². The third-order valence-electron chi connectivity index (χ3n) is 3.20. The number of nitrogens with one attached hydrogen (secondary N) is 1. The number of hydrogen-bond donors (Lipinski definition) is 1. The molecule has 0 aromatic rings. The second kappa shape index (κ2) is 4.67. The van der Waals surface area contributed by atoms with Gasteiger partial charge in [0.1, 0.15) is 0 Å². The lowest BCUT2D eigenvalue weighted by molar-refractivity contribution is 0.239. The Kier molecular flexibility index (Phi) is 3.52. The molecule has 0 saturated carbocycles. The molecule has 2 nitrogen and oxygen atoms in total. The summed E-state index contributed by atoms with van der Waals surface area (Å²) in [6, 6.07) is 1.63. The first-order valence-corrected chi connectivity index (χ1v) is 6.53. The van der Waals surface area contributed by atoms with Gasteiger partial charge in [-0.05, 0) is 38.6 Å². The summed E-state index contributed by atoms with van der Waals surface area (Å²) in [6.07, 6.45) is 4.15. The van der Waals surface area contributed by atoms with Crippen molar-refractivity contribution in [3.8, 4) is 0 Å². The van der Waals surface area contributed by atoms with Crippen LogP contribution in [0.5, 0.6) is 0 Å². The van der Waals surface area contributed by atoms with Crippen molar-refractivity contribution < 1.29 is 0 Å². The number of nitrogens with zero attached hydrogens (tertiary/aromatic N) is 1. The molecule has 0 radical (unpaired) electrons. The van der Waals surface area contributed by atoms with E-state index >= 15 is 0 Å². The van der Waals surface area contributed by atoms with Crippen LogP contribution in [0.25, 0.3) is 0 Å². The Labute approximate surface area is 85.4 Å². The van der Waals surface area contributed by atoms with Gasteiger partial charge in [-0.15, -0.1) is 0 Å². The van der Waals surface area contributed by atoms with Gasteiger partial charge < -0.3 is 10.2 Å². The summed E-state index contributed by atoms with van der Waals surface area (Å²) in [4.78, 5) is 2.56. The predicted octanol–water partition coefficient (Wildman–Crippen LogP) is 1.18. The van der Waals surface area contributed by atoms with Gasteiger partial charge in [0, 0.05) is 24.4 Å². The Balaban J connectivity index is 1.73. The van der Waals surface area contributed by atoms with Crippen LogP contribution >= 0.6 is 11.8 Å². The maximum Gasteiger partial charge on any atom is 0.0195 e. The Morgan fingerprint density at radius 1 is 1.46 bits per heavy atom. The SMILES string of the molecule is CN(C[C@@H]1CCCN1)C1CCSC1. The highest BCUT2D eigenvalue weighted by Gasteiger charge is 2.23. The molecule has 0 spiro atoms. The maximum atomic E-state index is 3.56. The molecule has 0 aromatic heterocycles. The van der Waals surface area contributed by atoms with Gasteiger partial charge in [0.15, 0.2) is 0 Å². The van der Waals surface area contributed by atoms with E-state index in [0.29, 0.717) is 0 Å². The van der Waals surface area contributed by atoms with Crippen molar-refractivity contribution in [1.82, 2.24) is 10.2 Å². The van der Waals surface area contributed by atoms with Gasteiger partial charge in [0.05, 0.1) is 0 Å². The molecular formula is C10H20N2S. The summed E-state index contributed by atoms with van der Waals surface area (Å²) in [7, 11) is 2.29. The lowest BCUT2D eigenvalue weighted by Gasteiger charge is -2.26. The van der Waals surface area contributed by atoms with E-state index in [1.54, 1.807) is 0 Å². The zero-order valence-corrected chi connectivity index (χ0v) is 9.28. The lowest BCUT2D eigenvalue weighted by Crippen LogP contribution is -2.41. The topological polar surface area (TPSA) is 15.3 Å². The molecule has 0 amide bonds. The number of rotatable bonds is 3. The van der Waals surface area contributed by atoms with Crippen molar-refractivity contribution >= 4 is 11.8 Å². The second-order valence-electron chi connectivity index (χ2n) is 4.25. The summed E-state index contributed by atoms with van der Waals surface area (Å²) >= 11 is 2.11. The summed E-state index contributed by atoms with van der Waals surface area (Å²) in [5, 5.41) is 3.56. The number of hydrogen-bond acceptors (Lipinski definition) is 3. The van der Waals surface area contributed by atoms with E-state index in [4.69, 9.17) is 0 Å². The van der Waals surface area contributed by atoms with Gasteiger partial charge in [0.2, 0.25) is 0 Å². The maximum absolute atomic E-state index is 3.56. The molecular weight excluding hydrogens is 180 g/mol. The first-order valence-electron chi connectivity index (χ1n) is 5.37. The smallest absolute Gasteiger partial charge is 0.0195 e. The summed E-state index contributed by atoms with van der Waals surface area (Å²) in [6.45, 7) is 2.49. The minimum absolute atomic E-state index is 0.774. The van der Waals surface area contributed by atoms with Gasteiger partial charge in [-0.25, -0.2) is 0 Å². The van der Waals surface area contributed by atoms with Crippen LogP contribution in [0.1, 0.15) is 19.3 Å². The van der Waals surface area contributed by atoms with Crippen LogP contribution in [0.2, 0.25) is 0 Å². The summed E-state index contributed by atoms with van der Waals surface area (Å²) < 4.78 is 0. The van der Waals surface area contributed by atoms with Gasteiger partial charge in [-0.2, -0.15) is 11.8 Å². The standard InChI is InChI=1S/C10H20N2S/c1-12(10-4-6-13-8-10)7-9-3-2-5-11-9/h9-11H,2-8H2,1H3/t9-,10?/m0/s1. The minimum atomic E-state index is 0.774. The zero-order valence-electron chi connectivity index (χ0n) is 8.46.